The van der Waals surface area contributed by atoms with Gasteiger partial charge in [-0.1, -0.05) is 6.07 Å². The van der Waals surface area contributed by atoms with Gasteiger partial charge >= 0.3 is 5.97 Å². The van der Waals surface area contributed by atoms with Gasteiger partial charge < -0.3 is 35.8 Å². The van der Waals surface area contributed by atoms with E-state index < -0.39 is 23.9 Å². The first-order valence-electron chi connectivity index (χ1n) is 14.3. The van der Waals surface area contributed by atoms with Gasteiger partial charge in [0.15, 0.2) is 6.10 Å². The van der Waals surface area contributed by atoms with Crippen LogP contribution in [0.4, 0.5) is 0 Å². The first-order valence-corrected chi connectivity index (χ1v) is 14.3. The highest BCUT2D eigenvalue weighted by Crippen LogP contribution is 2.25. The average molecular weight is 585 g/mol. The average Bonchev–Trinajstić information content (AvgIpc) is 2.93. The van der Waals surface area contributed by atoms with E-state index >= 15 is 0 Å². The largest absolute Gasteiger partial charge is 0.494 e. The molecule has 0 spiro atoms. The molecule has 0 aliphatic rings. The molecule has 0 saturated carbocycles. The predicted octanol–water partition coefficient (Wildman–Crippen LogP) is 4.13. The van der Waals surface area contributed by atoms with Crippen LogP contribution in [0.5, 0.6) is 11.5 Å². The highest BCUT2D eigenvalue weighted by Gasteiger charge is 2.27. The number of carbonyl (C=O) groups excluding carboxylic acids is 2. The van der Waals surface area contributed by atoms with Crippen LogP contribution in [0, 0.1) is 0 Å². The van der Waals surface area contributed by atoms with Crippen LogP contribution in [0.2, 0.25) is 0 Å². The Morgan fingerprint density at radius 1 is 0.881 bits per heavy atom. The molecule has 230 valence electrons. The van der Waals surface area contributed by atoms with Crippen LogP contribution in [-0.4, -0.2) is 67.1 Å². The van der Waals surface area contributed by atoms with Gasteiger partial charge in [-0.05, 0) is 102 Å². The lowest BCUT2D eigenvalue weighted by atomic mass is 10.0. The zero-order chi connectivity index (χ0) is 30.9. The Hall–Kier alpha value is -4.12. The summed E-state index contributed by atoms with van der Waals surface area (Å²) in [7, 11) is 0. The number of carboxylic acids is 1. The fourth-order valence-electron chi connectivity index (χ4n) is 4.00. The molecule has 0 aliphatic heterocycles. The van der Waals surface area contributed by atoms with E-state index in [0.29, 0.717) is 26.2 Å². The van der Waals surface area contributed by atoms with Crippen LogP contribution >= 0.6 is 0 Å². The number of amides is 2. The molecule has 2 aromatic carbocycles. The number of hydrogen-bond acceptors (Lipinski definition) is 8. The number of aliphatic carboxylic acids is 1. The molecule has 0 aromatic heterocycles. The number of unbranched alkanes of at least 4 members (excludes halogenated alkanes) is 2. The molecular formula is C31H44N4O7. The molecule has 0 saturated heterocycles. The molecule has 0 bridgehead atoms. The number of rotatable bonds is 19. The third kappa shape index (κ3) is 12.2. The molecule has 11 heteroatoms. The fourth-order valence-corrected chi connectivity index (χ4v) is 4.00. The Morgan fingerprint density at radius 2 is 1.52 bits per heavy atom. The minimum atomic E-state index is -1.21. The summed E-state index contributed by atoms with van der Waals surface area (Å²) in [5, 5.41) is 18.8. The number of benzene rings is 2. The van der Waals surface area contributed by atoms with Crippen LogP contribution in [-0.2, 0) is 9.53 Å². The van der Waals surface area contributed by atoms with Gasteiger partial charge in [0.1, 0.15) is 11.5 Å². The van der Waals surface area contributed by atoms with Crippen molar-refractivity contribution in [2.45, 2.75) is 78.0 Å². The Labute approximate surface area is 247 Å². The summed E-state index contributed by atoms with van der Waals surface area (Å²) in [6.45, 7) is 8.74. The maximum atomic E-state index is 13.0. The molecular weight excluding hydrogens is 540 g/mol. The van der Waals surface area contributed by atoms with Crippen LogP contribution in [0.3, 0.4) is 0 Å². The van der Waals surface area contributed by atoms with E-state index in [-0.39, 0.29) is 35.4 Å². The SMILES string of the molecule is CC(C)NC(=O)c1cccc(OC(CCCOCCCCCOc2ccc(C=NN)cc2)C(=O)O)c1C(=O)NC(C)C. The summed E-state index contributed by atoms with van der Waals surface area (Å²) in [4.78, 5) is 37.8. The standard InChI is InChI=1S/C31H44N4O7/c1-21(2)34-29(36)25-10-8-11-26(28(25)30(37)35-22(3)4)42-27(31(38)39)12-9-18-40-17-6-5-7-19-41-24-15-13-23(14-16-24)20-33-32/h8,10-11,13-16,20-22,27H,5-7,9,12,17-19,32H2,1-4H3,(H,34,36)(H,35,37)(H,38,39). The summed E-state index contributed by atoms with van der Waals surface area (Å²) < 4.78 is 17.2. The van der Waals surface area contributed by atoms with Crippen LogP contribution in [0.15, 0.2) is 47.6 Å². The zero-order valence-corrected chi connectivity index (χ0v) is 24.9. The lowest BCUT2D eigenvalue weighted by Crippen LogP contribution is -2.36. The molecule has 5 N–H and O–H groups in total. The van der Waals surface area contributed by atoms with Gasteiger partial charge in [-0.3, -0.25) is 9.59 Å². The normalized spacial score (nSPS) is 12.0. The Balaban J connectivity index is 1.81. The lowest BCUT2D eigenvalue weighted by Gasteiger charge is -2.20. The number of hydrazone groups is 1. The van der Waals surface area contributed by atoms with E-state index in [0.717, 1.165) is 30.6 Å². The second-order valence-corrected chi connectivity index (χ2v) is 10.4. The smallest absolute Gasteiger partial charge is 0.344 e. The van der Waals surface area contributed by atoms with Gasteiger partial charge in [0.2, 0.25) is 0 Å². The minimum absolute atomic E-state index is 0.00823. The molecule has 0 fully saturated rings. The summed E-state index contributed by atoms with van der Waals surface area (Å²) >= 11 is 0. The van der Waals surface area contributed by atoms with Crippen LogP contribution in [0.25, 0.3) is 0 Å². The van der Waals surface area contributed by atoms with Crippen molar-refractivity contribution in [2.24, 2.45) is 10.9 Å². The molecule has 1 atom stereocenters. The van der Waals surface area contributed by atoms with E-state index in [9.17, 15) is 19.5 Å². The van der Waals surface area contributed by atoms with E-state index in [2.05, 4.69) is 15.7 Å². The van der Waals surface area contributed by atoms with Crippen LogP contribution < -0.4 is 25.9 Å². The van der Waals surface area contributed by atoms with Gasteiger partial charge in [0.25, 0.3) is 11.8 Å². The molecule has 1 unspecified atom stereocenters. The summed E-state index contributed by atoms with van der Waals surface area (Å²) in [5.74, 6) is 3.86. The topological polar surface area (TPSA) is 162 Å². The number of nitrogens with two attached hydrogens (primary N) is 1. The third-order valence-corrected chi connectivity index (χ3v) is 5.94. The molecule has 42 heavy (non-hydrogen) atoms. The third-order valence-electron chi connectivity index (χ3n) is 5.94. The Bertz CT molecular complexity index is 1170. The number of carboxylic acid groups (broad SMARTS) is 1. The molecule has 0 aliphatic carbocycles. The Kier molecular flexibility index (Phi) is 14.9. The fraction of sp³-hybridized carbons (Fsp3) is 0.484. The van der Waals surface area contributed by atoms with E-state index in [1.807, 2.05) is 38.1 Å². The lowest BCUT2D eigenvalue weighted by molar-refractivity contribution is -0.145. The monoisotopic (exact) mass is 584 g/mol. The molecule has 11 nitrogen and oxygen atoms in total. The van der Waals surface area contributed by atoms with E-state index in [1.165, 1.54) is 12.1 Å². The minimum Gasteiger partial charge on any atom is -0.494 e. The molecule has 2 amide bonds. The van der Waals surface area contributed by atoms with Crippen molar-refractivity contribution in [1.82, 2.24) is 10.6 Å². The second-order valence-electron chi connectivity index (χ2n) is 10.4. The maximum Gasteiger partial charge on any atom is 0.344 e. The van der Waals surface area contributed by atoms with Crippen molar-refractivity contribution < 1.29 is 33.7 Å². The molecule has 0 radical (unpaired) electrons. The summed E-state index contributed by atoms with van der Waals surface area (Å²) in [6, 6.07) is 11.8. The summed E-state index contributed by atoms with van der Waals surface area (Å²) in [6.07, 6.45) is 3.65. The first kappa shape index (κ1) is 34.1. The maximum absolute atomic E-state index is 13.0. The highest BCUT2D eigenvalue weighted by molar-refractivity contribution is 6.09. The highest BCUT2D eigenvalue weighted by atomic mass is 16.5. The van der Waals surface area contributed by atoms with Crippen molar-refractivity contribution in [1.29, 1.82) is 0 Å². The van der Waals surface area contributed by atoms with Crippen molar-refractivity contribution in [3.05, 3.63) is 59.2 Å². The predicted molar refractivity (Wildman–Crippen MR) is 161 cm³/mol. The van der Waals surface area contributed by atoms with Crippen molar-refractivity contribution in [3.63, 3.8) is 0 Å². The van der Waals surface area contributed by atoms with Gasteiger partial charge in [-0.25, -0.2) is 4.79 Å². The number of carbonyl (C=O) groups is 3. The van der Waals surface area contributed by atoms with Crippen molar-refractivity contribution >= 4 is 24.0 Å². The summed E-state index contributed by atoms with van der Waals surface area (Å²) in [5.41, 5.74) is 1.03. The van der Waals surface area contributed by atoms with Gasteiger partial charge in [0, 0.05) is 25.3 Å². The molecule has 0 heterocycles. The van der Waals surface area contributed by atoms with Crippen molar-refractivity contribution in [3.8, 4) is 11.5 Å². The van der Waals surface area contributed by atoms with E-state index in [4.69, 9.17) is 20.1 Å². The van der Waals surface area contributed by atoms with Gasteiger partial charge in [-0.2, -0.15) is 5.10 Å². The first-order chi connectivity index (χ1) is 20.1. The van der Waals surface area contributed by atoms with E-state index in [1.54, 1.807) is 26.1 Å². The zero-order valence-electron chi connectivity index (χ0n) is 24.9. The Morgan fingerprint density at radius 3 is 2.17 bits per heavy atom. The second kappa shape index (κ2) is 18.3. The number of nitrogens with one attached hydrogen (secondary N) is 2. The van der Waals surface area contributed by atoms with Gasteiger partial charge in [0.05, 0.1) is 23.9 Å². The quantitative estimate of drug-likeness (QED) is 0.0829. The number of hydrogen-bond donors (Lipinski definition) is 4. The molecule has 2 rings (SSSR count). The number of ether oxygens (including phenoxy) is 3. The van der Waals surface area contributed by atoms with Gasteiger partial charge in [-0.15, -0.1) is 0 Å². The van der Waals surface area contributed by atoms with Crippen LogP contribution in [0.1, 0.15) is 86.1 Å². The molecule has 2 aromatic rings. The van der Waals surface area contributed by atoms with Crippen molar-refractivity contribution in [2.75, 3.05) is 19.8 Å². The number of nitrogens with zero attached hydrogens (tertiary/aromatic N) is 1.